The highest BCUT2D eigenvalue weighted by molar-refractivity contribution is 5.94. The summed E-state index contributed by atoms with van der Waals surface area (Å²) in [5.41, 5.74) is 1.71. The Bertz CT molecular complexity index is 474. The molecule has 96 valence electrons. The molecule has 0 atom stereocenters. The Morgan fingerprint density at radius 1 is 1.22 bits per heavy atom. The molecule has 0 N–H and O–H groups in total. The molecule has 3 heteroatoms. The predicted octanol–water partition coefficient (Wildman–Crippen LogP) is 2.84. The number of hydrogen-bond acceptors (Lipinski definition) is 3. The van der Waals surface area contributed by atoms with E-state index >= 15 is 0 Å². The van der Waals surface area contributed by atoms with Gasteiger partial charge in [0.05, 0.1) is 6.54 Å². The number of benzene rings is 1. The van der Waals surface area contributed by atoms with Crippen LogP contribution < -0.4 is 4.90 Å². The first-order valence-corrected chi connectivity index (χ1v) is 6.30. The average molecular weight is 245 g/mol. The molecule has 1 aromatic rings. The number of hydrogen-bond donors (Lipinski definition) is 0. The van der Waals surface area contributed by atoms with Crippen molar-refractivity contribution in [3.8, 4) is 0 Å². The molecule has 0 unspecified atom stereocenters. The average Bonchev–Trinajstić information content (AvgIpc) is 2.32. The van der Waals surface area contributed by atoms with E-state index in [1.54, 1.807) is 6.92 Å². The standard InChI is InChI=1S/C15H19NO2/c1-11(17)12-4-6-13(7-5-12)16-10-14(18)8-9-15(16,2)3/h4-7H,8-10H2,1-3H3. The van der Waals surface area contributed by atoms with Crippen molar-refractivity contribution >= 4 is 17.3 Å². The summed E-state index contributed by atoms with van der Waals surface area (Å²) < 4.78 is 0. The van der Waals surface area contributed by atoms with E-state index in [-0.39, 0.29) is 17.1 Å². The van der Waals surface area contributed by atoms with Gasteiger partial charge in [-0.3, -0.25) is 9.59 Å². The summed E-state index contributed by atoms with van der Waals surface area (Å²) >= 11 is 0. The largest absolute Gasteiger partial charge is 0.359 e. The van der Waals surface area contributed by atoms with Gasteiger partial charge in [-0.05, 0) is 51.5 Å². The van der Waals surface area contributed by atoms with Crippen LogP contribution in [-0.4, -0.2) is 23.7 Å². The third kappa shape index (κ3) is 2.45. The van der Waals surface area contributed by atoms with Crippen LogP contribution in [0.1, 0.15) is 44.0 Å². The van der Waals surface area contributed by atoms with Crippen LogP contribution in [-0.2, 0) is 4.79 Å². The number of rotatable bonds is 2. The van der Waals surface area contributed by atoms with Gasteiger partial charge in [-0.25, -0.2) is 0 Å². The molecule has 1 aromatic carbocycles. The van der Waals surface area contributed by atoms with Gasteiger partial charge in [0, 0.05) is 23.2 Å². The summed E-state index contributed by atoms with van der Waals surface area (Å²) in [5.74, 6) is 0.348. The first-order chi connectivity index (χ1) is 8.40. The van der Waals surface area contributed by atoms with Crippen LogP contribution in [0.4, 0.5) is 5.69 Å². The first kappa shape index (κ1) is 12.8. The van der Waals surface area contributed by atoms with Gasteiger partial charge in [-0.15, -0.1) is 0 Å². The van der Waals surface area contributed by atoms with Crippen molar-refractivity contribution in [1.29, 1.82) is 0 Å². The minimum atomic E-state index is -0.00828. The zero-order chi connectivity index (χ0) is 13.3. The Labute approximate surface area is 108 Å². The first-order valence-electron chi connectivity index (χ1n) is 6.30. The smallest absolute Gasteiger partial charge is 0.159 e. The Kier molecular flexibility index (Phi) is 3.24. The number of ketones is 2. The molecular weight excluding hydrogens is 226 g/mol. The van der Waals surface area contributed by atoms with E-state index in [4.69, 9.17) is 0 Å². The SMILES string of the molecule is CC(=O)c1ccc(N2CC(=O)CCC2(C)C)cc1. The van der Waals surface area contributed by atoms with Gasteiger partial charge in [-0.1, -0.05) is 0 Å². The lowest BCUT2D eigenvalue weighted by molar-refractivity contribution is -0.119. The zero-order valence-corrected chi connectivity index (χ0v) is 11.2. The number of Topliss-reactive ketones (excluding diaryl/α,β-unsaturated/α-hetero) is 2. The highest BCUT2D eigenvalue weighted by Gasteiger charge is 2.33. The summed E-state index contributed by atoms with van der Waals surface area (Å²) in [6.45, 7) is 6.33. The Morgan fingerprint density at radius 3 is 2.39 bits per heavy atom. The second-order valence-corrected chi connectivity index (χ2v) is 5.54. The van der Waals surface area contributed by atoms with E-state index in [9.17, 15) is 9.59 Å². The molecule has 1 fully saturated rings. The fraction of sp³-hybridized carbons (Fsp3) is 0.467. The third-order valence-corrected chi connectivity index (χ3v) is 3.67. The summed E-state index contributed by atoms with van der Waals surface area (Å²) in [5, 5.41) is 0. The molecule has 0 saturated carbocycles. The van der Waals surface area contributed by atoms with Crippen LogP contribution in [0.5, 0.6) is 0 Å². The minimum Gasteiger partial charge on any atom is -0.359 e. The lowest BCUT2D eigenvalue weighted by Gasteiger charge is -2.43. The normalized spacial score (nSPS) is 18.8. The molecule has 2 rings (SSSR count). The van der Waals surface area contributed by atoms with Crippen molar-refractivity contribution in [2.75, 3.05) is 11.4 Å². The van der Waals surface area contributed by atoms with Crippen molar-refractivity contribution in [3.05, 3.63) is 29.8 Å². The second-order valence-electron chi connectivity index (χ2n) is 5.54. The number of piperidine rings is 1. The Hall–Kier alpha value is -1.64. The van der Waals surface area contributed by atoms with Crippen LogP contribution in [0.2, 0.25) is 0 Å². The zero-order valence-electron chi connectivity index (χ0n) is 11.2. The van der Waals surface area contributed by atoms with E-state index in [1.807, 2.05) is 24.3 Å². The third-order valence-electron chi connectivity index (χ3n) is 3.67. The minimum absolute atomic E-state index is 0.00828. The van der Waals surface area contributed by atoms with Crippen LogP contribution in [0.15, 0.2) is 24.3 Å². The van der Waals surface area contributed by atoms with Crippen LogP contribution in [0.3, 0.4) is 0 Å². The molecule has 18 heavy (non-hydrogen) atoms. The quantitative estimate of drug-likeness (QED) is 0.752. The van der Waals surface area contributed by atoms with Crippen molar-refractivity contribution in [3.63, 3.8) is 0 Å². The summed E-state index contributed by atoms with van der Waals surface area (Å²) in [4.78, 5) is 25.0. The fourth-order valence-corrected chi connectivity index (χ4v) is 2.37. The summed E-state index contributed by atoms with van der Waals surface area (Å²) in [6.07, 6.45) is 1.54. The Balaban J connectivity index is 2.28. The highest BCUT2D eigenvalue weighted by Crippen LogP contribution is 2.31. The highest BCUT2D eigenvalue weighted by atomic mass is 16.1. The summed E-state index contributed by atoms with van der Waals surface area (Å²) in [6, 6.07) is 7.51. The van der Waals surface area contributed by atoms with Gasteiger partial charge in [0.15, 0.2) is 11.6 Å². The summed E-state index contributed by atoms with van der Waals surface area (Å²) in [7, 11) is 0. The fourth-order valence-electron chi connectivity index (χ4n) is 2.37. The molecule has 1 heterocycles. The maximum atomic E-state index is 11.6. The van der Waals surface area contributed by atoms with Crippen LogP contribution in [0.25, 0.3) is 0 Å². The van der Waals surface area contributed by atoms with E-state index in [0.29, 0.717) is 18.5 Å². The molecule has 0 bridgehead atoms. The molecule has 1 aliphatic rings. The topological polar surface area (TPSA) is 37.4 Å². The lowest BCUT2D eigenvalue weighted by Crippen LogP contribution is -2.50. The molecule has 1 saturated heterocycles. The van der Waals surface area contributed by atoms with E-state index in [2.05, 4.69) is 18.7 Å². The van der Waals surface area contributed by atoms with E-state index in [0.717, 1.165) is 12.1 Å². The molecule has 3 nitrogen and oxygen atoms in total. The van der Waals surface area contributed by atoms with E-state index in [1.165, 1.54) is 0 Å². The maximum Gasteiger partial charge on any atom is 0.159 e. The molecule has 0 spiro atoms. The number of anilines is 1. The van der Waals surface area contributed by atoms with Crippen molar-refractivity contribution in [1.82, 2.24) is 0 Å². The van der Waals surface area contributed by atoms with Crippen LogP contribution >= 0.6 is 0 Å². The van der Waals surface area contributed by atoms with Crippen molar-refractivity contribution < 1.29 is 9.59 Å². The van der Waals surface area contributed by atoms with E-state index < -0.39 is 0 Å². The van der Waals surface area contributed by atoms with Crippen molar-refractivity contribution in [2.24, 2.45) is 0 Å². The number of carbonyl (C=O) groups excluding carboxylic acids is 2. The molecule has 0 aromatic heterocycles. The monoisotopic (exact) mass is 245 g/mol. The molecule has 0 amide bonds. The predicted molar refractivity (Wildman–Crippen MR) is 72.1 cm³/mol. The Morgan fingerprint density at radius 2 is 1.83 bits per heavy atom. The number of carbonyl (C=O) groups is 2. The van der Waals surface area contributed by atoms with Gasteiger partial charge in [0.2, 0.25) is 0 Å². The van der Waals surface area contributed by atoms with Gasteiger partial charge in [-0.2, -0.15) is 0 Å². The van der Waals surface area contributed by atoms with Gasteiger partial charge >= 0.3 is 0 Å². The van der Waals surface area contributed by atoms with Gasteiger partial charge in [0.25, 0.3) is 0 Å². The van der Waals surface area contributed by atoms with Gasteiger partial charge < -0.3 is 4.90 Å². The molecule has 0 aliphatic carbocycles. The molecule has 1 aliphatic heterocycles. The number of nitrogens with zero attached hydrogens (tertiary/aromatic N) is 1. The van der Waals surface area contributed by atoms with Crippen LogP contribution in [0, 0.1) is 0 Å². The molecule has 0 radical (unpaired) electrons. The lowest BCUT2D eigenvalue weighted by atomic mass is 9.89. The van der Waals surface area contributed by atoms with Gasteiger partial charge in [0.1, 0.15) is 0 Å². The second kappa shape index (κ2) is 4.56. The maximum absolute atomic E-state index is 11.6. The van der Waals surface area contributed by atoms with Crippen molar-refractivity contribution in [2.45, 2.75) is 39.2 Å². The molecular formula is C15H19NO2.